The zero-order chi connectivity index (χ0) is 11.7. The maximum absolute atomic E-state index is 10.8. The van der Waals surface area contributed by atoms with Gasteiger partial charge in [0.2, 0.25) is 0 Å². The summed E-state index contributed by atoms with van der Waals surface area (Å²) in [6, 6.07) is 0. The quantitative estimate of drug-likeness (QED) is 0.681. The number of hydrogen-bond acceptors (Lipinski definition) is 3. The molecule has 88 valence electrons. The molecule has 1 N–H and O–H groups in total. The Labute approximate surface area is 91.8 Å². The highest BCUT2D eigenvalue weighted by Gasteiger charge is 2.43. The molecule has 0 heterocycles. The average molecular weight is 214 g/mol. The second kappa shape index (κ2) is 4.12. The Balaban J connectivity index is 2.52. The molecule has 3 nitrogen and oxygen atoms in total. The van der Waals surface area contributed by atoms with Crippen LogP contribution in [-0.2, 0) is 9.53 Å². The van der Waals surface area contributed by atoms with E-state index < -0.39 is 5.60 Å². The summed E-state index contributed by atoms with van der Waals surface area (Å²) in [5.41, 5.74) is -0.710. The van der Waals surface area contributed by atoms with Gasteiger partial charge in [-0.25, -0.2) is 0 Å². The van der Waals surface area contributed by atoms with Crippen LogP contribution in [0.3, 0.4) is 0 Å². The molecule has 0 saturated heterocycles. The zero-order valence-corrected chi connectivity index (χ0v) is 10.2. The van der Waals surface area contributed by atoms with Crippen molar-refractivity contribution in [2.45, 2.75) is 65.1 Å². The highest BCUT2D eigenvalue weighted by molar-refractivity contribution is 5.66. The molecule has 0 spiro atoms. The van der Waals surface area contributed by atoms with Crippen LogP contribution in [0, 0.1) is 5.41 Å². The summed E-state index contributed by atoms with van der Waals surface area (Å²) >= 11 is 0. The van der Waals surface area contributed by atoms with Crippen molar-refractivity contribution < 1.29 is 14.6 Å². The minimum Gasteiger partial charge on any atom is -0.463 e. The van der Waals surface area contributed by atoms with Gasteiger partial charge in [0.1, 0.15) is 6.10 Å². The smallest absolute Gasteiger partial charge is 0.302 e. The minimum absolute atomic E-state index is 0.00475. The molecule has 1 rings (SSSR count). The van der Waals surface area contributed by atoms with Gasteiger partial charge >= 0.3 is 5.97 Å². The first-order valence-electron chi connectivity index (χ1n) is 5.64. The Morgan fingerprint density at radius 1 is 1.33 bits per heavy atom. The highest BCUT2D eigenvalue weighted by Crippen LogP contribution is 2.42. The Hall–Kier alpha value is -0.570. The maximum atomic E-state index is 10.8. The van der Waals surface area contributed by atoms with E-state index in [-0.39, 0.29) is 17.5 Å². The first kappa shape index (κ1) is 12.5. The average Bonchev–Trinajstić information content (AvgIpc) is 2.06. The molecule has 1 aliphatic carbocycles. The van der Waals surface area contributed by atoms with Crippen molar-refractivity contribution in [2.75, 3.05) is 0 Å². The normalized spacial score (nSPS) is 32.5. The number of aliphatic hydroxyl groups is 1. The van der Waals surface area contributed by atoms with Crippen LogP contribution < -0.4 is 0 Å². The molecule has 0 aromatic heterocycles. The molecule has 0 bridgehead atoms. The van der Waals surface area contributed by atoms with E-state index in [2.05, 4.69) is 20.8 Å². The molecule has 1 fully saturated rings. The van der Waals surface area contributed by atoms with Gasteiger partial charge in [0.05, 0.1) is 5.60 Å². The van der Waals surface area contributed by atoms with Gasteiger partial charge in [0.25, 0.3) is 0 Å². The number of carbonyl (C=O) groups excluding carboxylic acids is 1. The van der Waals surface area contributed by atoms with Crippen LogP contribution in [0.4, 0.5) is 0 Å². The van der Waals surface area contributed by atoms with Gasteiger partial charge in [-0.05, 0) is 31.1 Å². The van der Waals surface area contributed by atoms with Gasteiger partial charge in [0, 0.05) is 6.92 Å². The number of carbonyl (C=O) groups is 1. The van der Waals surface area contributed by atoms with Crippen LogP contribution in [0.15, 0.2) is 0 Å². The summed E-state index contributed by atoms with van der Waals surface area (Å²) in [6.07, 6.45) is 2.98. The van der Waals surface area contributed by atoms with Crippen molar-refractivity contribution in [1.82, 2.24) is 0 Å². The number of esters is 1. The van der Waals surface area contributed by atoms with Crippen molar-refractivity contribution >= 4 is 5.97 Å². The molecule has 0 atom stereocenters. The largest absolute Gasteiger partial charge is 0.463 e. The summed E-state index contributed by atoms with van der Waals surface area (Å²) in [6.45, 7) is 7.60. The molecule has 3 heteroatoms. The predicted octanol–water partition coefficient (Wildman–Crippen LogP) is 2.27. The summed E-state index contributed by atoms with van der Waals surface area (Å²) in [7, 11) is 0. The fourth-order valence-corrected chi connectivity index (χ4v) is 2.17. The van der Waals surface area contributed by atoms with E-state index >= 15 is 0 Å². The van der Waals surface area contributed by atoms with Crippen LogP contribution >= 0.6 is 0 Å². The van der Waals surface area contributed by atoms with Gasteiger partial charge in [0.15, 0.2) is 0 Å². The van der Waals surface area contributed by atoms with Gasteiger partial charge in [-0.2, -0.15) is 0 Å². The lowest BCUT2D eigenvalue weighted by Gasteiger charge is -2.44. The highest BCUT2D eigenvalue weighted by atomic mass is 16.5. The van der Waals surface area contributed by atoms with Gasteiger partial charge in [-0.1, -0.05) is 20.8 Å². The summed E-state index contributed by atoms with van der Waals surface area (Å²) in [5.74, 6) is -0.221. The monoisotopic (exact) mass is 214 g/mol. The lowest BCUT2D eigenvalue weighted by atomic mass is 9.68. The van der Waals surface area contributed by atoms with E-state index in [9.17, 15) is 9.90 Å². The van der Waals surface area contributed by atoms with E-state index in [0.717, 1.165) is 12.8 Å². The number of ether oxygens (including phenoxy) is 1. The van der Waals surface area contributed by atoms with Crippen molar-refractivity contribution in [2.24, 2.45) is 5.41 Å². The van der Waals surface area contributed by atoms with Crippen molar-refractivity contribution in [3.63, 3.8) is 0 Å². The molecular formula is C12H22O3. The molecule has 0 aliphatic heterocycles. The molecule has 15 heavy (non-hydrogen) atoms. The lowest BCUT2D eigenvalue weighted by Crippen LogP contribution is -2.47. The minimum atomic E-state index is -0.607. The Kier molecular flexibility index (Phi) is 3.44. The van der Waals surface area contributed by atoms with Crippen molar-refractivity contribution in [3.8, 4) is 0 Å². The second-order valence-electron chi connectivity index (χ2n) is 5.59. The van der Waals surface area contributed by atoms with Crippen LogP contribution in [-0.4, -0.2) is 22.8 Å². The van der Waals surface area contributed by atoms with Crippen LogP contribution in [0.5, 0.6) is 0 Å². The van der Waals surface area contributed by atoms with E-state index in [4.69, 9.17) is 4.74 Å². The van der Waals surface area contributed by atoms with Gasteiger partial charge < -0.3 is 9.84 Å². The zero-order valence-electron chi connectivity index (χ0n) is 10.2. The van der Waals surface area contributed by atoms with Crippen molar-refractivity contribution in [1.29, 1.82) is 0 Å². The Morgan fingerprint density at radius 2 is 1.80 bits per heavy atom. The van der Waals surface area contributed by atoms with Crippen LogP contribution in [0.2, 0.25) is 0 Å². The van der Waals surface area contributed by atoms with Crippen LogP contribution in [0.1, 0.15) is 53.4 Å². The van der Waals surface area contributed by atoms with E-state index in [1.54, 1.807) is 0 Å². The summed E-state index contributed by atoms with van der Waals surface area (Å²) in [4.78, 5) is 10.8. The third kappa shape index (κ3) is 2.94. The molecule has 0 amide bonds. The van der Waals surface area contributed by atoms with E-state index in [0.29, 0.717) is 12.8 Å². The van der Waals surface area contributed by atoms with Gasteiger partial charge in [-0.15, -0.1) is 0 Å². The first-order chi connectivity index (χ1) is 6.74. The molecule has 1 aliphatic rings. The molecular weight excluding hydrogens is 192 g/mol. The van der Waals surface area contributed by atoms with Crippen LogP contribution in [0.25, 0.3) is 0 Å². The SMILES string of the molecule is CC(=O)OC1CCC(O)(C(C)(C)C)CC1. The fraction of sp³-hybridized carbons (Fsp3) is 0.917. The van der Waals surface area contributed by atoms with E-state index in [1.165, 1.54) is 6.92 Å². The third-order valence-corrected chi connectivity index (χ3v) is 3.49. The Morgan fingerprint density at radius 3 is 2.13 bits per heavy atom. The second-order valence-corrected chi connectivity index (χ2v) is 5.59. The molecule has 0 aromatic carbocycles. The molecule has 0 aromatic rings. The fourth-order valence-electron chi connectivity index (χ4n) is 2.17. The lowest BCUT2D eigenvalue weighted by molar-refractivity contribution is -0.155. The maximum Gasteiger partial charge on any atom is 0.302 e. The molecule has 1 saturated carbocycles. The topological polar surface area (TPSA) is 46.5 Å². The number of rotatable bonds is 1. The molecule has 0 unspecified atom stereocenters. The first-order valence-corrected chi connectivity index (χ1v) is 5.64. The Bertz CT molecular complexity index is 232. The molecule has 0 radical (unpaired) electrons. The number of hydrogen-bond donors (Lipinski definition) is 1. The third-order valence-electron chi connectivity index (χ3n) is 3.49. The predicted molar refractivity (Wildman–Crippen MR) is 58.4 cm³/mol. The summed E-state index contributed by atoms with van der Waals surface area (Å²) < 4.78 is 5.15. The standard InChI is InChI=1S/C12H22O3/c1-9(13)15-10-5-7-12(14,8-6-10)11(2,3)4/h10,14H,5-8H2,1-4H3. The van der Waals surface area contributed by atoms with Crippen molar-refractivity contribution in [3.05, 3.63) is 0 Å². The summed E-state index contributed by atoms with van der Waals surface area (Å²) in [5, 5.41) is 10.4. The van der Waals surface area contributed by atoms with Gasteiger partial charge in [-0.3, -0.25) is 4.79 Å². The van der Waals surface area contributed by atoms with E-state index in [1.807, 2.05) is 0 Å².